The molecule has 1 aliphatic rings. The maximum atomic E-state index is 5.57. The van der Waals surface area contributed by atoms with E-state index in [4.69, 9.17) is 4.74 Å². The van der Waals surface area contributed by atoms with Crippen LogP contribution >= 0.6 is 15.9 Å². The van der Waals surface area contributed by atoms with Crippen LogP contribution in [0.4, 0.5) is 0 Å². The van der Waals surface area contributed by atoms with Crippen molar-refractivity contribution in [2.45, 2.75) is 19.3 Å². The molecule has 0 saturated carbocycles. The minimum absolute atomic E-state index is 0.217. The predicted octanol–water partition coefficient (Wildman–Crippen LogP) is 1.55. The summed E-state index contributed by atoms with van der Waals surface area (Å²) in [7, 11) is 1.85. The molecule has 0 spiro atoms. The molecule has 4 nitrogen and oxygen atoms in total. The number of halogens is 1. The molecule has 84 valence electrons. The van der Waals surface area contributed by atoms with Crippen molar-refractivity contribution < 1.29 is 4.74 Å². The predicted molar refractivity (Wildman–Crippen MR) is 61.0 cm³/mol. The molecule has 0 bridgehead atoms. The first kappa shape index (κ1) is 11.1. The topological polar surface area (TPSA) is 39.9 Å². The van der Waals surface area contributed by atoms with Gasteiger partial charge in [-0.1, -0.05) is 15.9 Å². The summed E-state index contributed by atoms with van der Waals surface area (Å²) in [5.41, 5.74) is 1.27. The summed E-state index contributed by atoms with van der Waals surface area (Å²) in [6.45, 7) is 1.73. The maximum absolute atomic E-state index is 5.57. The summed E-state index contributed by atoms with van der Waals surface area (Å²) in [5.74, 6) is 0. The molecule has 1 aromatic heterocycles. The molecule has 1 aromatic rings. The van der Waals surface area contributed by atoms with Crippen molar-refractivity contribution in [3.05, 3.63) is 11.9 Å². The first-order valence-corrected chi connectivity index (χ1v) is 6.35. The van der Waals surface area contributed by atoms with Gasteiger partial charge in [0, 0.05) is 30.8 Å². The van der Waals surface area contributed by atoms with Gasteiger partial charge in [0.05, 0.1) is 18.5 Å². The normalized spacial score (nSPS) is 26.8. The first-order chi connectivity index (χ1) is 7.24. The fraction of sp³-hybridized carbons (Fsp3) is 0.800. The summed E-state index contributed by atoms with van der Waals surface area (Å²) in [5, 5.41) is 9.39. The van der Waals surface area contributed by atoms with Crippen molar-refractivity contribution in [2.24, 2.45) is 12.5 Å². The van der Waals surface area contributed by atoms with E-state index < -0.39 is 0 Å². The highest BCUT2D eigenvalue weighted by molar-refractivity contribution is 9.09. The molecule has 1 fully saturated rings. The van der Waals surface area contributed by atoms with Gasteiger partial charge in [-0.25, -0.2) is 0 Å². The number of rotatable bonds is 3. The number of alkyl halides is 1. The molecule has 2 heterocycles. The van der Waals surface area contributed by atoms with E-state index in [0.29, 0.717) is 0 Å². The molecule has 0 amide bonds. The van der Waals surface area contributed by atoms with Gasteiger partial charge in [0.1, 0.15) is 0 Å². The van der Waals surface area contributed by atoms with Crippen LogP contribution in [0.25, 0.3) is 0 Å². The molecule has 15 heavy (non-hydrogen) atoms. The molecule has 0 radical (unpaired) electrons. The molecule has 0 N–H and O–H groups in total. The monoisotopic (exact) mass is 273 g/mol. The second-order valence-corrected chi connectivity index (χ2v) is 4.85. The third-order valence-corrected chi connectivity index (χ3v) is 4.08. The number of nitrogens with zero attached hydrogens (tertiary/aromatic N) is 3. The number of aromatic nitrogens is 3. The zero-order chi connectivity index (χ0) is 10.7. The Labute approximate surface area is 98.1 Å². The van der Waals surface area contributed by atoms with Crippen LogP contribution in [0.1, 0.15) is 18.5 Å². The van der Waals surface area contributed by atoms with Crippen LogP contribution in [0.2, 0.25) is 0 Å². The van der Waals surface area contributed by atoms with Gasteiger partial charge < -0.3 is 4.74 Å². The lowest BCUT2D eigenvalue weighted by molar-refractivity contribution is 0.00563. The molecular weight excluding hydrogens is 258 g/mol. The average molecular weight is 274 g/mol. The highest BCUT2D eigenvalue weighted by Gasteiger charge is 2.32. The Bertz CT molecular complexity index is 320. The fourth-order valence-corrected chi connectivity index (χ4v) is 2.70. The van der Waals surface area contributed by atoms with Crippen molar-refractivity contribution in [2.75, 3.05) is 18.5 Å². The number of ether oxygens (including phenoxy) is 1. The lowest BCUT2D eigenvalue weighted by atomic mass is 9.81. The molecule has 1 unspecified atom stereocenters. The number of aryl methyl sites for hydroxylation is 1. The van der Waals surface area contributed by atoms with Crippen molar-refractivity contribution in [3.8, 4) is 0 Å². The van der Waals surface area contributed by atoms with Crippen LogP contribution in [0, 0.1) is 5.41 Å². The Balaban J connectivity index is 2.06. The first-order valence-electron chi connectivity index (χ1n) is 5.23. The van der Waals surface area contributed by atoms with Crippen LogP contribution in [0.15, 0.2) is 6.20 Å². The van der Waals surface area contributed by atoms with Crippen molar-refractivity contribution in [1.29, 1.82) is 0 Å². The van der Waals surface area contributed by atoms with Gasteiger partial charge in [0.25, 0.3) is 0 Å². The van der Waals surface area contributed by atoms with E-state index >= 15 is 0 Å². The second kappa shape index (κ2) is 4.61. The molecule has 5 heteroatoms. The molecule has 0 aliphatic carbocycles. The lowest BCUT2D eigenvalue weighted by Gasteiger charge is -2.34. The summed E-state index contributed by atoms with van der Waals surface area (Å²) >= 11 is 3.60. The maximum Gasteiger partial charge on any atom is 0.0833 e. The lowest BCUT2D eigenvalue weighted by Crippen LogP contribution is -2.35. The van der Waals surface area contributed by atoms with E-state index in [0.717, 1.165) is 37.1 Å². The van der Waals surface area contributed by atoms with Gasteiger partial charge in [-0.3, -0.25) is 0 Å². The summed E-state index contributed by atoms with van der Waals surface area (Å²) < 4.78 is 5.57. The van der Waals surface area contributed by atoms with Gasteiger partial charge >= 0.3 is 0 Å². The summed E-state index contributed by atoms with van der Waals surface area (Å²) in [4.78, 5) is 1.61. The standard InChI is InChI=1S/C10H16BrN3O/c1-14-12-6-9(13-14)5-10(7-11)3-2-4-15-8-10/h6H,2-5,7-8H2,1H3. The second-order valence-electron chi connectivity index (χ2n) is 4.29. The van der Waals surface area contributed by atoms with Crippen LogP contribution < -0.4 is 0 Å². The van der Waals surface area contributed by atoms with Crippen LogP contribution in [0.5, 0.6) is 0 Å². The van der Waals surface area contributed by atoms with E-state index in [1.54, 1.807) is 4.80 Å². The highest BCUT2D eigenvalue weighted by Crippen LogP contribution is 2.33. The Morgan fingerprint density at radius 3 is 3.07 bits per heavy atom. The number of hydrogen-bond donors (Lipinski definition) is 0. The van der Waals surface area contributed by atoms with Crippen molar-refractivity contribution >= 4 is 15.9 Å². The van der Waals surface area contributed by atoms with Crippen LogP contribution in [0.3, 0.4) is 0 Å². The molecule has 1 saturated heterocycles. The average Bonchev–Trinajstić information content (AvgIpc) is 2.65. The van der Waals surface area contributed by atoms with E-state index in [2.05, 4.69) is 26.1 Å². The Hall–Kier alpha value is -0.420. The zero-order valence-corrected chi connectivity index (χ0v) is 10.5. The fourth-order valence-electron chi connectivity index (χ4n) is 2.06. The van der Waals surface area contributed by atoms with Crippen molar-refractivity contribution in [3.63, 3.8) is 0 Å². The third kappa shape index (κ3) is 2.58. The highest BCUT2D eigenvalue weighted by atomic mass is 79.9. The summed E-state index contributed by atoms with van der Waals surface area (Å²) in [6.07, 6.45) is 5.14. The van der Waals surface area contributed by atoms with Crippen LogP contribution in [-0.2, 0) is 18.2 Å². The number of hydrogen-bond acceptors (Lipinski definition) is 3. The Kier molecular flexibility index (Phi) is 3.41. The van der Waals surface area contributed by atoms with Gasteiger partial charge in [-0.2, -0.15) is 15.0 Å². The summed E-state index contributed by atoms with van der Waals surface area (Å²) in [6, 6.07) is 0. The molecule has 1 aliphatic heterocycles. The van der Waals surface area contributed by atoms with E-state index in [1.165, 1.54) is 6.42 Å². The smallest absolute Gasteiger partial charge is 0.0833 e. The largest absolute Gasteiger partial charge is 0.381 e. The van der Waals surface area contributed by atoms with Crippen molar-refractivity contribution in [1.82, 2.24) is 15.0 Å². The van der Waals surface area contributed by atoms with Crippen LogP contribution in [-0.4, -0.2) is 33.5 Å². The third-order valence-electron chi connectivity index (χ3n) is 2.89. The van der Waals surface area contributed by atoms with Gasteiger partial charge in [-0.15, -0.1) is 0 Å². The minimum atomic E-state index is 0.217. The van der Waals surface area contributed by atoms with E-state index in [1.807, 2.05) is 13.2 Å². The molecular formula is C10H16BrN3O. The van der Waals surface area contributed by atoms with E-state index in [9.17, 15) is 0 Å². The molecule has 1 atom stereocenters. The van der Waals surface area contributed by atoms with Gasteiger partial charge in [0.15, 0.2) is 0 Å². The quantitative estimate of drug-likeness (QED) is 0.785. The minimum Gasteiger partial charge on any atom is -0.381 e. The molecule has 2 rings (SSSR count). The SMILES string of the molecule is Cn1ncc(CC2(CBr)CCCOC2)n1. The van der Waals surface area contributed by atoms with Gasteiger partial charge in [-0.05, 0) is 12.8 Å². The van der Waals surface area contributed by atoms with Gasteiger partial charge in [0.2, 0.25) is 0 Å². The van der Waals surface area contributed by atoms with E-state index in [-0.39, 0.29) is 5.41 Å². The Morgan fingerprint density at radius 2 is 2.53 bits per heavy atom. The Morgan fingerprint density at radius 1 is 1.67 bits per heavy atom. The zero-order valence-electron chi connectivity index (χ0n) is 8.95. The molecule has 0 aromatic carbocycles.